The number of ether oxygens (including phenoxy) is 3. The number of hydrogen-bond donors (Lipinski definition) is 2. The molecule has 0 unspecified atom stereocenters. The SMILES string of the molecule is CCOC(=O)Nc1ccc(C(=O)NCCc2ccc(OC)c(OC3CCCC3)c2)cc1. The van der Waals surface area contributed by atoms with Crippen LogP contribution >= 0.6 is 0 Å². The molecule has 2 aromatic carbocycles. The number of amides is 2. The summed E-state index contributed by atoms with van der Waals surface area (Å²) in [6, 6.07) is 12.6. The fraction of sp³-hybridized carbons (Fsp3) is 0.417. The van der Waals surface area contributed by atoms with Gasteiger partial charge in [0.15, 0.2) is 11.5 Å². The lowest BCUT2D eigenvalue weighted by atomic mass is 10.1. The summed E-state index contributed by atoms with van der Waals surface area (Å²) >= 11 is 0. The molecule has 0 bridgehead atoms. The molecule has 31 heavy (non-hydrogen) atoms. The van der Waals surface area contributed by atoms with Gasteiger partial charge in [-0.15, -0.1) is 0 Å². The third-order valence-corrected chi connectivity index (χ3v) is 5.19. The maximum Gasteiger partial charge on any atom is 0.411 e. The van der Waals surface area contributed by atoms with Crippen LogP contribution in [0.25, 0.3) is 0 Å². The largest absolute Gasteiger partial charge is 0.493 e. The molecule has 0 radical (unpaired) electrons. The third kappa shape index (κ3) is 6.64. The molecule has 2 N–H and O–H groups in total. The molecular formula is C24H30N2O5. The van der Waals surface area contributed by atoms with Gasteiger partial charge in [0.2, 0.25) is 0 Å². The highest BCUT2D eigenvalue weighted by atomic mass is 16.5. The molecule has 0 atom stereocenters. The Morgan fingerprint density at radius 2 is 1.77 bits per heavy atom. The highest BCUT2D eigenvalue weighted by molar-refractivity contribution is 5.95. The second kappa shape index (κ2) is 11.2. The smallest absolute Gasteiger partial charge is 0.411 e. The first-order chi connectivity index (χ1) is 15.1. The summed E-state index contributed by atoms with van der Waals surface area (Å²) in [5.74, 6) is 1.33. The van der Waals surface area contributed by atoms with Crippen LogP contribution < -0.4 is 20.1 Å². The monoisotopic (exact) mass is 426 g/mol. The zero-order valence-electron chi connectivity index (χ0n) is 18.1. The van der Waals surface area contributed by atoms with Gasteiger partial charge in [-0.1, -0.05) is 6.07 Å². The number of nitrogens with one attached hydrogen (secondary N) is 2. The van der Waals surface area contributed by atoms with Crippen LogP contribution in [0.15, 0.2) is 42.5 Å². The van der Waals surface area contributed by atoms with Crippen molar-refractivity contribution in [1.82, 2.24) is 5.32 Å². The lowest BCUT2D eigenvalue weighted by Crippen LogP contribution is -2.25. The number of anilines is 1. The number of methoxy groups -OCH3 is 1. The van der Waals surface area contributed by atoms with Crippen molar-refractivity contribution in [2.45, 2.75) is 45.1 Å². The standard InChI is InChI=1S/C24H30N2O5/c1-3-30-24(28)26-19-11-9-18(10-12-19)23(27)25-15-14-17-8-13-21(29-2)22(16-17)31-20-6-4-5-7-20/h8-13,16,20H,3-7,14-15H2,1-2H3,(H,25,27)(H,26,28). The molecule has 1 aliphatic carbocycles. The number of carbonyl (C=O) groups is 2. The summed E-state index contributed by atoms with van der Waals surface area (Å²) in [5.41, 5.74) is 2.17. The van der Waals surface area contributed by atoms with Crippen LogP contribution in [0.1, 0.15) is 48.5 Å². The Bertz CT molecular complexity index is 876. The molecule has 7 heteroatoms. The van der Waals surface area contributed by atoms with E-state index >= 15 is 0 Å². The van der Waals surface area contributed by atoms with E-state index < -0.39 is 6.09 Å². The van der Waals surface area contributed by atoms with E-state index in [4.69, 9.17) is 14.2 Å². The van der Waals surface area contributed by atoms with Gasteiger partial charge < -0.3 is 19.5 Å². The van der Waals surface area contributed by atoms with Gasteiger partial charge in [-0.05, 0) is 81.0 Å². The highest BCUT2D eigenvalue weighted by Gasteiger charge is 2.18. The summed E-state index contributed by atoms with van der Waals surface area (Å²) in [6.45, 7) is 2.54. The van der Waals surface area contributed by atoms with Crippen molar-refractivity contribution in [2.75, 3.05) is 25.6 Å². The molecule has 166 valence electrons. The van der Waals surface area contributed by atoms with E-state index in [1.807, 2.05) is 18.2 Å². The first-order valence-corrected chi connectivity index (χ1v) is 10.7. The van der Waals surface area contributed by atoms with Crippen molar-refractivity contribution >= 4 is 17.7 Å². The van der Waals surface area contributed by atoms with Crippen molar-refractivity contribution < 1.29 is 23.8 Å². The van der Waals surface area contributed by atoms with Crippen LogP contribution in [-0.4, -0.2) is 38.4 Å². The second-order valence-electron chi connectivity index (χ2n) is 7.44. The summed E-state index contributed by atoms with van der Waals surface area (Å²) in [6.07, 6.45) is 4.99. The molecular weight excluding hydrogens is 396 g/mol. The maximum atomic E-state index is 12.4. The molecule has 3 rings (SSSR count). The van der Waals surface area contributed by atoms with Gasteiger partial charge in [0.25, 0.3) is 5.91 Å². The van der Waals surface area contributed by atoms with Crippen LogP contribution in [-0.2, 0) is 11.2 Å². The molecule has 1 saturated carbocycles. The first-order valence-electron chi connectivity index (χ1n) is 10.7. The van der Waals surface area contributed by atoms with Gasteiger partial charge in [-0.25, -0.2) is 4.79 Å². The van der Waals surface area contributed by atoms with Gasteiger partial charge in [0.05, 0.1) is 19.8 Å². The average Bonchev–Trinajstić information content (AvgIpc) is 3.28. The van der Waals surface area contributed by atoms with E-state index in [1.54, 1.807) is 38.3 Å². The van der Waals surface area contributed by atoms with E-state index in [2.05, 4.69) is 10.6 Å². The molecule has 1 fully saturated rings. The minimum absolute atomic E-state index is 0.168. The van der Waals surface area contributed by atoms with Crippen molar-refractivity contribution in [1.29, 1.82) is 0 Å². The predicted molar refractivity (Wildman–Crippen MR) is 119 cm³/mol. The van der Waals surface area contributed by atoms with E-state index in [0.717, 1.165) is 29.9 Å². The number of rotatable bonds is 9. The van der Waals surface area contributed by atoms with Crippen LogP contribution in [0.5, 0.6) is 11.5 Å². The fourth-order valence-corrected chi connectivity index (χ4v) is 3.57. The van der Waals surface area contributed by atoms with Crippen molar-refractivity contribution in [3.05, 3.63) is 53.6 Å². The van der Waals surface area contributed by atoms with Gasteiger partial charge >= 0.3 is 6.09 Å². The number of carbonyl (C=O) groups excluding carboxylic acids is 2. The Morgan fingerprint density at radius 3 is 2.45 bits per heavy atom. The molecule has 0 aliphatic heterocycles. The molecule has 0 saturated heterocycles. The number of benzene rings is 2. The summed E-state index contributed by atoms with van der Waals surface area (Å²) < 4.78 is 16.4. The average molecular weight is 427 g/mol. The Balaban J connectivity index is 1.51. The minimum atomic E-state index is -0.518. The van der Waals surface area contributed by atoms with E-state index in [1.165, 1.54) is 12.8 Å². The maximum absolute atomic E-state index is 12.4. The van der Waals surface area contributed by atoms with Gasteiger partial charge in [-0.2, -0.15) is 0 Å². The van der Waals surface area contributed by atoms with Crippen molar-refractivity contribution in [2.24, 2.45) is 0 Å². The summed E-state index contributed by atoms with van der Waals surface area (Å²) in [4.78, 5) is 23.8. The van der Waals surface area contributed by atoms with E-state index in [-0.39, 0.29) is 12.0 Å². The zero-order valence-corrected chi connectivity index (χ0v) is 18.1. The Morgan fingerprint density at radius 1 is 1.03 bits per heavy atom. The minimum Gasteiger partial charge on any atom is -0.493 e. The molecule has 2 aromatic rings. The Labute approximate surface area is 183 Å². The summed E-state index contributed by atoms with van der Waals surface area (Å²) in [5, 5.41) is 5.53. The Kier molecular flexibility index (Phi) is 8.15. The Hall–Kier alpha value is -3.22. The van der Waals surface area contributed by atoms with Gasteiger partial charge in [0.1, 0.15) is 0 Å². The first kappa shape index (κ1) is 22.5. The zero-order chi connectivity index (χ0) is 22.1. The quantitative estimate of drug-likeness (QED) is 0.614. The van der Waals surface area contributed by atoms with Crippen LogP contribution in [0, 0.1) is 0 Å². The van der Waals surface area contributed by atoms with Crippen LogP contribution in [0.4, 0.5) is 10.5 Å². The molecule has 0 aromatic heterocycles. The lowest BCUT2D eigenvalue weighted by Gasteiger charge is -2.17. The van der Waals surface area contributed by atoms with Crippen molar-refractivity contribution in [3.8, 4) is 11.5 Å². The van der Waals surface area contributed by atoms with Crippen LogP contribution in [0.3, 0.4) is 0 Å². The molecule has 2 amide bonds. The van der Waals surface area contributed by atoms with E-state index in [0.29, 0.717) is 30.8 Å². The fourth-order valence-electron chi connectivity index (χ4n) is 3.57. The second-order valence-corrected chi connectivity index (χ2v) is 7.44. The molecule has 7 nitrogen and oxygen atoms in total. The molecule has 1 aliphatic rings. The normalized spacial score (nSPS) is 13.5. The third-order valence-electron chi connectivity index (χ3n) is 5.19. The van der Waals surface area contributed by atoms with Gasteiger partial charge in [0, 0.05) is 17.8 Å². The molecule has 0 heterocycles. The van der Waals surface area contributed by atoms with Crippen molar-refractivity contribution in [3.63, 3.8) is 0 Å². The lowest BCUT2D eigenvalue weighted by molar-refractivity contribution is 0.0954. The number of hydrogen-bond acceptors (Lipinski definition) is 5. The topological polar surface area (TPSA) is 85.9 Å². The molecule has 0 spiro atoms. The van der Waals surface area contributed by atoms with E-state index in [9.17, 15) is 9.59 Å². The predicted octanol–water partition coefficient (Wildman–Crippen LogP) is 4.56. The summed E-state index contributed by atoms with van der Waals surface area (Å²) in [7, 11) is 1.64. The van der Waals surface area contributed by atoms with Gasteiger partial charge in [-0.3, -0.25) is 10.1 Å². The van der Waals surface area contributed by atoms with Crippen LogP contribution in [0.2, 0.25) is 0 Å². The highest BCUT2D eigenvalue weighted by Crippen LogP contribution is 2.32.